The van der Waals surface area contributed by atoms with Crippen molar-refractivity contribution in [2.75, 3.05) is 0 Å². The van der Waals surface area contributed by atoms with Crippen molar-refractivity contribution in [2.45, 2.75) is 103 Å². The molecule has 156 valence electrons. The fraction of sp³-hybridized carbons (Fsp3) is 0.773. The molecule has 0 saturated carbocycles. The number of carbonyl (C=O) groups is 3. The average molecular weight is 383 g/mol. The van der Waals surface area contributed by atoms with Gasteiger partial charge in [0.2, 0.25) is 0 Å². The lowest BCUT2D eigenvalue weighted by atomic mass is 9.92. The van der Waals surface area contributed by atoms with E-state index in [1.165, 1.54) is 25.7 Å². The minimum Gasteiger partial charge on any atom is -0.481 e. The molecule has 0 saturated heterocycles. The van der Waals surface area contributed by atoms with Crippen LogP contribution in [0, 0.1) is 5.92 Å². The highest BCUT2D eigenvalue weighted by Gasteiger charge is 2.16. The van der Waals surface area contributed by atoms with Crippen molar-refractivity contribution in [2.24, 2.45) is 5.92 Å². The van der Waals surface area contributed by atoms with Crippen LogP contribution in [-0.4, -0.2) is 27.9 Å². The van der Waals surface area contributed by atoms with Gasteiger partial charge in [0.25, 0.3) is 0 Å². The van der Waals surface area contributed by atoms with Crippen molar-refractivity contribution in [1.29, 1.82) is 0 Å². The van der Waals surface area contributed by atoms with Crippen LogP contribution in [0.1, 0.15) is 103 Å². The van der Waals surface area contributed by atoms with Crippen LogP contribution in [0.25, 0.3) is 0 Å². The molecule has 0 fully saturated rings. The fourth-order valence-corrected chi connectivity index (χ4v) is 3.08. The maximum absolute atomic E-state index is 12.3. The summed E-state index contributed by atoms with van der Waals surface area (Å²) in [5.41, 5.74) is 0. The summed E-state index contributed by atoms with van der Waals surface area (Å²) in [6.45, 7) is 2.19. The average Bonchev–Trinajstić information content (AvgIpc) is 2.62. The van der Waals surface area contributed by atoms with E-state index in [1.807, 2.05) is 12.2 Å². The SMILES string of the molecule is CCCCCCCCC(/C=C/CCCCCCC(=O)O)C(=O)CCC(=O)O. The molecule has 0 aromatic rings. The molecule has 1 atom stereocenters. The summed E-state index contributed by atoms with van der Waals surface area (Å²) < 4.78 is 0. The molecule has 0 spiro atoms. The van der Waals surface area contributed by atoms with Gasteiger partial charge in [0.05, 0.1) is 6.42 Å². The topological polar surface area (TPSA) is 91.7 Å². The third-order valence-corrected chi connectivity index (χ3v) is 4.75. The highest BCUT2D eigenvalue weighted by atomic mass is 16.4. The lowest BCUT2D eigenvalue weighted by molar-refractivity contribution is -0.139. The number of unbranched alkanes of at least 4 members (excludes halogenated alkanes) is 9. The molecule has 5 nitrogen and oxygen atoms in total. The number of hydrogen-bond donors (Lipinski definition) is 2. The van der Waals surface area contributed by atoms with E-state index in [4.69, 9.17) is 10.2 Å². The number of carboxylic acids is 2. The van der Waals surface area contributed by atoms with Crippen molar-refractivity contribution >= 4 is 17.7 Å². The van der Waals surface area contributed by atoms with Crippen molar-refractivity contribution < 1.29 is 24.6 Å². The Labute approximate surface area is 164 Å². The summed E-state index contributed by atoms with van der Waals surface area (Å²) >= 11 is 0. The number of rotatable bonds is 19. The molecule has 0 aliphatic carbocycles. The Kier molecular flexibility index (Phi) is 16.7. The van der Waals surface area contributed by atoms with E-state index in [2.05, 4.69) is 6.92 Å². The van der Waals surface area contributed by atoms with Crippen molar-refractivity contribution in [3.8, 4) is 0 Å². The van der Waals surface area contributed by atoms with Crippen LogP contribution in [0.4, 0.5) is 0 Å². The number of hydrogen-bond acceptors (Lipinski definition) is 3. The van der Waals surface area contributed by atoms with Gasteiger partial charge >= 0.3 is 11.9 Å². The van der Waals surface area contributed by atoms with Crippen LogP contribution in [0.2, 0.25) is 0 Å². The van der Waals surface area contributed by atoms with Crippen LogP contribution in [-0.2, 0) is 14.4 Å². The van der Waals surface area contributed by atoms with E-state index in [1.54, 1.807) is 0 Å². The van der Waals surface area contributed by atoms with Crippen LogP contribution in [0.15, 0.2) is 12.2 Å². The van der Waals surface area contributed by atoms with Gasteiger partial charge < -0.3 is 10.2 Å². The highest BCUT2D eigenvalue weighted by Crippen LogP contribution is 2.18. The van der Waals surface area contributed by atoms with E-state index >= 15 is 0 Å². The number of carbonyl (C=O) groups excluding carboxylic acids is 1. The van der Waals surface area contributed by atoms with Crippen LogP contribution < -0.4 is 0 Å². The van der Waals surface area contributed by atoms with E-state index in [-0.39, 0.29) is 31.0 Å². The minimum atomic E-state index is -0.924. The van der Waals surface area contributed by atoms with Crippen molar-refractivity contribution in [3.63, 3.8) is 0 Å². The quantitative estimate of drug-likeness (QED) is 0.219. The molecule has 0 radical (unpaired) electrons. The second kappa shape index (κ2) is 17.7. The van der Waals surface area contributed by atoms with E-state index in [9.17, 15) is 14.4 Å². The van der Waals surface area contributed by atoms with Crippen LogP contribution >= 0.6 is 0 Å². The van der Waals surface area contributed by atoms with Gasteiger partial charge in [0.1, 0.15) is 5.78 Å². The van der Waals surface area contributed by atoms with Gasteiger partial charge in [-0.25, -0.2) is 0 Å². The molecule has 0 bridgehead atoms. The zero-order valence-corrected chi connectivity index (χ0v) is 17.0. The number of ketones is 1. The summed E-state index contributed by atoms with van der Waals surface area (Å²) in [5.74, 6) is -1.80. The summed E-state index contributed by atoms with van der Waals surface area (Å²) in [4.78, 5) is 33.5. The first-order valence-electron chi connectivity index (χ1n) is 10.6. The first kappa shape index (κ1) is 25.4. The van der Waals surface area contributed by atoms with Gasteiger partial charge in [0.15, 0.2) is 0 Å². The predicted octanol–water partition coefficient (Wildman–Crippen LogP) is 5.77. The lowest BCUT2D eigenvalue weighted by Gasteiger charge is -2.11. The first-order valence-corrected chi connectivity index (χ1v) is 10.6. The van der Waals surface area contributed by atoms with Gasteiger partial charge in [-0.05, 0) is 25.7 Å². The first-order chi connectivity index (χ1) is 13.0. The molecule has 0 heterocycles. The Morgan fingerprint density at radius 2 is 1.33 bits per heavy atom. The van der Waals surface area contributed by atoms with Crippen molar-refractivity contribution in [1.82, 2.24) is 0 Å². The minimum absolute atomic E-state index is 0.0312. The fourth-order valence-electron chi connectivity index (χ4n) is 3.08. The zero-order chi connectivity index (χ0) is 20.3. The molecule has 0 aliphatic rings. The second-order valence-corrected chi connectivity index (χ2v) is 7.30. The van der Waals surface area contributed by atoms with Crippen LogP contribution in [0.3, 0.4) is 0 Å². The standard InChI is InChI=1S/C22H38O5/c1-2-3-4-5-8-11-14-19(20(23)17-18-22(26)27)15-12-9-6-7-10-13-16-21(24)25/h12,15,19H,2-11,13-14,16-18H2,1H3,(H,24,25)(H,26,27)/b15-12+. The van der Waals surface area contributed by atoms with E-state index < -0.39 is 11.9 Å². The summed E-state index contributed by atoms with van der Waals surface area (Å²) in [7, 11) is 0. The van der Waals surface area contributed by atoms with Gasteiger partial charge in [-0.3, -0.25) is 14.4 Å². The lowest BCUT2D eigenvalue weighted by Crippen LogP contribution is -2.14. The summed E-state index contributed by atoms with van der Waals surface area (Å²) in [5, 5.41) is 17.4. The Hall–Kier alpha value is -1.65. The molecular formula is C22H38O5. The number of aliphatic carboxylic acids is 2. The predicted molar refractivity (Wildman–Crippen MR) is 108 cm³/mol. The Morgan fingerprint density at radius 3 is 2.00 bits per heavy atom. The molecule has 0 aromatic carbocycles. The molecular weight excluding hydrogens is 344 g/mol. The van der Waals surface area contributed by atoms with E-state index in [0.717, 1.165) is 44.9 Å². The van der Waals surface area contributed by atoms with Crippen molar-refractivity contribution in [3.05, 3.63) is 12.2 Å². The monoisotopic (exact) mass is 382 g/mol. The number of Topliss-reactive ketones (excluding diaryl/α,β-unsaturated/α-hetero) is 1. The largest absolute Gasteiger partial charge is 0.481 e. The Morgan fingerprint density at radius 1 is 0.741 bits per heavy atom. The molecule has 27 heavy (non-hydrogen) atoms. The summed E-state index contributed by atoms with van der Waals surface area (Å²) in [6, 6.07) is 0. The summed E-state index contributed by atoms with van der Waals surface area (Å²) in [6.07, 6.45) is 16.6. The Balaban J connectivity index is 4.16. The number of carboxylic acid groups (broad SMARTS) is 2. The molecule has 0 amide bonds. The smallest absolute Gasteiger partial charge is 0.303 e. The molecule has 0 aliphatic heterocycles. The zero-order valence-electron chi connectivity index (χ0n) is 17.0. The van der Waals surface area contributed by atoms with Gasteiger partial charge in [-0.15, -0.1) is 0 Å². The Bertz CT molecular complexity index is 442. The van der Waals surface area contributed by atoms with Gasteiger partial charge in [-0.2, -0.15) is 0 Å². The highest BCUT2D eigenvalue weighted by molar-refractivity contribution is 5.85. The van der Waals surface area contributed by atoms with E-state index in [0.29, 0.717) is 6.42 Å². The third-order valence-electron chi connectivity index (χ3n) is 4.75. The molecule has 5 heteroatoms. The number of allylic oxidation sites excluding steroid dienone is 2. The molecule has 2 N–H and O–H groups in total. The third kappa shape index (κ3) is 17.5. The van der Waals surface area contributed by atoms with Gasteiger partial charge in [-0.1, -0.05) is 70.4 Å². The second-order valence-electron chi connectivity index (χ2n) is 7.30. The molecule has 1 unspecified atom stereocenters. The van der Waals surface area contributed by atoms with Crippen LogP contribution in [0.5, 0.6) is 0 Å². The molecule has 0 rings (SSSR count). The maximum Gasteiger partial charge on any atom is 0.303 e. The molecule has 0 aromatic heterocycles. The normalized spacial score (nSPS) is 12.3. The maximum atomic E-state index is 12.3. The van der Waals surface area contributed by atoms with Gasteiger partial charge in [0, 0.05) is 18.8 Å².